The molecule has 0 saturated carbocycles. The summed E-state index contributed by atoms with van der Waals surface area (Å²) in [5, 5.41) is 6.55. The summed E-state index contributed by atoms with van der Waals surface area (Å²) in [5.41, 5.74) is 7.72. The number of nitrogens with zero attached hydrogens (tertiary/aromatic N) is 4. The van der Waals surface area contributed by atoms with Crippen LogP contribution in [0.15, 0.2) is 12.3 Å². The summed E-state index contributed by atoms with van der Waals surface area (Å²) < 4.78 is 1.48. The molecule has 7 heteroatoms. The summed E-state index contributed by atoms with van der Waals surface area (Å²) in [4.78, 5) is 20.2. The van der Waals surface area contributed by atoms with Gasteiger partial charge in [0, 0.05) is 24.6 Å². The van der Waals surface area contributed by atoms with Crippen molar-refractivity contribution in [3.63, 3.8) is 0 Å². The normalized spacial score (nSPS) is 10.4. The molecular weight excluding hydrogens is 232 g/mol. The number of hydrogen-bond donors (Lipinski definition) is 2. The van der Waals surface area contributed by atoms with Gasteiger partial charge in [-0.1, -0.05) is 0 Å². The van der Waals surface area contributed by atoms with Gasteiger partial charge in [0.15, 0.2) is 5.69 Å². The Balaban J connectivity index is 2.23. The smallest absolute Gasteiger partial charge is 0.280 e. The van der Waals surface area contributed by atoms with Crippen molar-refractivity contribution in [2.24, 2.45) is 7.05 Å². The number of hydrogen-bond acceptors (Lipinski definition) is 5. The minimum absolute atomic E-state index is 0.167. The first-order chi connectivity index (χ1) is 8.45. The number of amides is 1. The lowest BCUT2D eigenvalue weighted by atomic mass is 10.3. The van der Waals surface area contributed by atoms with Gasteiger partial charge in [-0.3, -0.25) is 14.8 Å². The molecular formula is C11H14N6O. The van der Waals surface area contributed by atoms with Crippen LogP contribution in [-0.2, 0) is 7.05 Å². The van der Waals surface area contributed by atoms with Crippen LogP contribution in [0.4, 0.5) is 11.6 Å². The fourth-order valence-corrected chi connectivity index (χ4v) is 1.63. The van der Waals surface area contributed by atoms with E-state index >= 15 is 0 Å². The third-order valence-electron chi connectivity index (χ3n) is 2.28. The second-order valence-electron chi connectivity index (χ2n) is 4.04. The Morgan fingerprint density at radius 1 is 1.33 bits per heavy atom. The van der Waals surface area contributed by atoms with Gasteiger partial charge in [0.05, 0.1) is 5.69 Å². The average Bonchev–Trinajstić information content (AvgIpc) is 2.56. The van der Waals surface area contributed by atoms with E-state index in [1.54, 1.807) is 13.2 Å². The number of carbonyl (C=O) groups excluding carboxylic acids is 1. The summed E-state index contributed by atoms with van der Waals surface area (Å²) in [7, 11) is 1.69. The van der Waals surface area contributed by atoms with E-state index in [1.165, 1.54) is 4.68 Å². The Labute approximate surface area is 104 Å². The first-order valence-electron chi connectivity index (χ1n) is 5.38. The molecule has 0 fully saturated rings. The quantitative estimate of drug-likeness (QED) is 0.811. The van der Waals surface area contributed by atoms with Gasteiger partial charge in [0.25, 0.3) is 5.91 Å². The summed E-state index contributed by atoms with van der Waals surface area (Å²) in [6, 6.07) is 1.82. The first-order valence-corrected chi connectivity index (χ1v) is 5.38. The molecule has 3 N–H and O–H groups in total. The van der Waals surface area contributed by atoms with Gasteiger partial charge in [-0.15, -0.1) is 0 Å². The maximum Gasteiger partial charge on any atom is 0.280 e. The summed E-state index contributed by atoms with van der Waals surface area (Å²) >= 11 is 0. The molecule has 18 heavy (non-hydrogen) atoms. The Morgan fingerprint density at radius 2 is 1.94 bits per heavy atom. The van der Waals surface area contributed by atoms with E-state index in [0.29, 0.717) is 5.69 Å². The van der Waals surface area contributed by atoms with Crippen molar-refractivity contribution in [2.45, 2.75) is 13.8 Å². The van der Waals surface area contributed by atoms with Gasteiger partial charge < -0.3 is 5.73 Å². The van der Waals surface area contributed by atoms with Crippen LogP contribution in [0, 0.1) is 13.8 Å². The monoisotopic (exact) mass is 246 g/mol. The third-order valence-corrected chi connectivity index (χ3v) is 2.28. The molecule has 2 aromatic rings. The molecule has 0 saturated heterocycles. The molecule has 2 heterocycles. The van der Waals surface area contributed by atoms with Gasteiger partial charge in [0.1, 0.15) is 0 Å². The number of nitrogens with one attached hydrogen (secondary N) is 1. The van der Waals surface area contributed by atoms with Crippen LogP contribution >= 0.6 is 0 Å². The predicted octanol–water partition coefficient (Wildman–Crippen LogP) is 0.661. The number of nitrogens with two attached hydrogens (primary N) is 1. The molecule has 0 radical (unpaired) electrons. The van der Waals surface area contributed by atoms with Crippen LogP contribution in [-0.4, -0.2) is 25.7 Å². The fraction of sp³-hybridized carbons (Fsp3) is 0.273. The average molecular weight is 246 g/mol. The number of anilines is 2. The number of rotatable bonds is 2. The lowest BCUT2D eigenvalue weighted by molar-refractivity contribution is 0.102. The van der Waals surface area contributed by atoms with Gasteiger partial charge in [-0.05, 0) is 19.9 Å². The van der Waals surface area contributed by atoms with Gasteiger partial charge in [-0.25, -0.2) is 9.97 Å². The van der Waals surface area contributed by atoms with E-state index in [1.807, 2.05) is 19.9 Å². The van der Waals surface area contributed by atoms with Crippen molar-refractivity contribution in [1.29, 1.82) is 0 Å². The zero-order valence-electron chi connectivity index (χ0n) is 10.4. The van der Waals surface area contributed by atoms with Gasteiger partial charge in [-0.2, -0.15) is 5.10 Å². The van der Waals surface area contributed by atoms with Crippen LogP contribution in [0.2, 0.25) is 0 Å². The van der Waals surface area contributed by atoms with Crippen molar-refractivity contribution in [2.75, 3.05) is 11.1 Å². The van der Waals surface area contributed by atoms with Crippen LogP contribution < -0.4 is 11.1 Å². The molecule has 2 aromatic heterocycles. The molecule has 0 aliphatic rings. The maximum absolute atomic E-state index is 11.9. The van der Waals surface area contributed by atoms with Crippen LogP contribution in [0.1, 0.15) is 21.9 Å². The van der Waals surface area contributed by atoms with Crippen LogP contribution in [0.25, 0.3) is 0 Å². The highest BCUT2D eigenvalue weighted by Crippen LogP contribution is 2.11. The first kappa shape index (κ1) is 12.0. The van der Waals surface area contributed by atoms with Crippen LogP contribution in [0.5, 0.6) is 0 Å². The second-order valence-corrected chi connectivity index (χ2v) is 4.04. The standard InChI is InChI=1S/C11H14N6O/c1-6-4-7(2)14-11(13-6)15-10(18)9-8(12)5-17(3)16-9/h4-5H,12H2,1-3H3,(H,13,14,15,18). The zero-order valence-corrected chi connectivity index (χ0v) is 10.4. The van der Waals surface area contributed by atoms with Crippen molar-refractivity contribution in [3.8, 4) is 0 Å². The van der Waals surface area contributed by atoms with Gasteiger partial charge in [0.2, 0.25) is 5.95 Å². The minimum Gasteiger partial charge on any atom is -0.396 e. The summed E-state index contributed by atoms with van der Waals surface area (Å²) in [6.07, 6.45) is 1.57. The Kier molecular flexibility index (Phi) is 2.97. The molecule has 0 atom stereocenters. The molecule has 0 aliphatic heterocycles. The van der Waals surface area contributed by atoms with Gasteiger partial charge >= 0.3 is 0 Å². The van der Waals surface area contributed by atoms with Crippen molar-refractivity contribution < 1.29 is 4.79 Å². The fourth-order valence-electron chi connectivity index (χ4n) is 1.63. The molecule has 94 valence electrons. The number of nitrogen functional groups attached to an aromatic ring is 1. The zero-order chi connectivity index (χ0) is 13.3. The molecule has 0 aliphatic carbocycles. The highest BCUT2D eigenvalue weighted by Gasteiger charge is 2.15. The SMILES string of the molecule is Cc1cc(C)nc(NC(=O)c2nn(C)cc2N)n1. The second kappa shape index (κ2) is 4.44. The predicted molar refractivity (Wildman–Crippen MR) is 67.1 cm³/mol. The van der Waals surface area contributed by atoms with Crippen LogP contribution in [0.3, 0.4) is 0 Å². The number of aromatic nitrogens is 4. The molecule has 2 rings (SSSR count). The third kappa shape index (κ3) is 2.45. The summed E-state index contributed by atoms with van der Waals surface area (Å²) in [6.45, 7) is 3.67. The van der Waals surface area contributed by atoms with E-state index < -0.39 is 5.91 Å². The van der Waals surface area contributed by atoms with E-state index in [0.717, 1.165) is 11.4 Å². The molecule has 7 nitrogen and oxygen atoms in total. The summed E-state index contributed by atoms with van der Waals surface area (Å²) in [5.74, 6) is -0.166. The molecule has 1 amide bonds. The van der Waals surface area contributed by atoms with Crippen molar-refractivity contribution >= 4 is 17.5 Å². The van der Waals surface area contributed by atoms with Crippen molar-refractivity contribution in [3.05, 3.63) is 29.3 Å². The molecule has 0 unspecified atom stereocenters. The Hall–Kier alpha value is -2.44. The van der Waals surface area contributed by atoms with E-state index in [9.17, 15) is 4.79 Å². The maximum atomic E-state index is 11.9. The van der Waals surface area contributed by atoms with E-state index in [-0.39, 0.29) is 11.6 Å². The highest BCUT2D eigenvalue weighted by molar-refractivity contribution is 6.05. The van der Waals surface area contributed by atoms with E-state index in [4.69, 9.17) is 5.73 Å². The molecule has 0 bridgehead atoms. The van der Waals surface area contributed by atoms with Crippen molar-refractivity contribution in [1.82, 2.24) is 19.7 Å². The molecule has 0 aromatic carbocycles. The molecule has 0 spiro atoms. The Morgan fingerprint density at radius 3 is 2.44 bits per heavy atom. The minimum atomic E-state index is -0.418. The Bertz CT molecular complexity index is 583. The number of carbonyl (C=O) groups is 1. The highest BCUT2D eigenvalue weighted by atomic mass is 16.2. The lowest BCUT2D eigenvalue weighted by Gasteiger charge is -2.04. The lowest BCUT2D eigenvalue weighted by Crippen LogP contribution is -2.17. The largest absolute Gasteiger partial charge is 0.396 e. The number of aryl methyl sites for hydroxylation is 3. The topological polar surface area (TPSA) is 98.7 Å². The van der Waals surface area contributed by atoms with E-state index in [2.05, 4.69) is 20.4 Å².